The second-order valence-electron chi connectivity index (χ2n) is 6.00. The standard InChI is InChI=1S/C19H16ClFN4O/c1-11-18(14-6-4-12(21)8-15(14)20)19(24(2)23-11)25-10-22-16-9-13(26-3)5-7-17(16)25/h4-10H,1-3H3. The summed E-state index contributed by atoms with van der Waals surface area (Å²) in [5.41, 5.74) is 4.08. The Morgan fingerprint density at radius 3 is 2.69 bits per heavy atom. The van der Waals surface area contributed by atoms with E-state index in [-0.39, 0.29) is 5.82 Å². The van der Waals surface area contributed by atoms with Crippen molar-refractivity contribution in [1.29, 1.82) is 0 Å². The molecule has 2 heterocycles. The minimum atomic E-state index is -0.373. The van der Waals surface area contributed by atoms with Crippen LogP contribution < -0.4 is 4.74 Å². The first-order valence-electron chi connectivity index (χ1n) is 8.00. The van der Waals surface area contributed by atoms with E-state index in [4.69, 9.17) is 16.3 Å². The zero-order valence-corrected chi connectivity index (χ0v) is 15.3. The van der Waals surface area contributed by atoms with Gasteiger partial charge in [-0.05, 0) is 37.3 Å². The smallest absolute Gasteiger partial charge is 0.144 e. The molecule has 0 fully saturated rings. The van der Waals surface area contributed by atoms with Gasteiger partial charge in [0, 0.05) is 24.2 Å². The molecule has 0 radical (unpaired) electrons. The Morgan fingerprint density at radius 1 is 1.15 bits per heavy atom. The van der Waals surface area contributed by atoms with E-state index in [0.717, 1.165) is 39.4 Å². The highest BCUT2D eigenvalue weighted by Crippen LogP contribution is 2.36. The molecule has 0 aliphatic rings. The van der Waals surface area contributed by atoms with Crippen LogP contribution >= 0.6 is 11.6 Å². The molecule has 0 amide bonds. The molecule has 2 aromatic carbocycles. The van der Waals surface area contributed by atoms with Crippen molar-refractivity contribution in [2.75, 3.05) is 7.11 Å². The molecule has 5 nitrogen and oxygen atoms in total. The molecular weight excluding hydrogens is 355 g/mol. The average molecular weight is 371 g/mol. The number of nitrogens with zero attached hydrogens (tertiary/aromatic N) is 4. The third-order valence-electron chi connectivity index (χ3n) is 4.37. The highest BCUT2D eigenvalue weighted by molar-refractivity contribution is 6.33. The van der Waals surface area contributed by atoms with Crippen molar-refractivity contribution in [2.45, 2.75) is 6.92 Å². The van der Waals surface area contributed by atoms with E-state index in [1.54, 1.807) is 24.2 Å². The number of halogens is 2. The summed E-state index contributed by atoms with van der Waals surface area (Å²) in [5.74, 6) is 1.18. The minimum Gasteiger partial charge on any atom is -0.497 e. The molecule has 4 rings (SSSR count). The molecule has 0 saturated heterocycles. The number of fused-ring (bicyclic) bond motifs is 1. The molecule has 0 unspecified atom stereocenters. The summed E-state index contributed by atoms with van der Waals surface area (Å²) in [5, 5.41) is 4.88. The van der Waals surface area contributed by atoms with Crippen molar-refractivity contribution in [3.63, 3.8) is 0 Å². The number of rotatable bonds is 3. The predicted molar refractivity (Wildman–Crippen MR) is 99.5 cm³/mol. The van der Waals surface area contributed by atoms with Gasteiger partial charge in [-0.3, -0.25) is 9.25 Å². The van der Waals surface area contributed by atoms with Gasteiger partial charge in [0.25, 0.3) is 0 Å². The maximum Gasteiger partial charge on any atom is 0.144 e. The van der Waals surface area contributed by atoms with E-state index in [9.17, 15) is 4.39 Å². The van der Waals surface area contributed by atoms with E-state index in [1.807, 2.05) is 36.7 Å². The van der Waals surface area contributed by atoms with Gasteiger partial charge in [0.2, 0.25) is 0 Å². The third kappa shape index (κ3) is 2.54. The Morgan fingerprint density at radius 2 is 1.96 bits per heavy atom. The number of hydrogen-bond donors (Lipinski definition) is 0. The van der Waals surface area contributed by atoms with Gasteiger partial charge in [0.15, 0.2) is 0 Å². The van der Waals surface area contributed by atoms with E-state index >= 15 is 0 Å². The van der Waals surface area contributed by atoms with Crippen LogP contribution in [0.5, 0.6) is 5.75 Å². The van der Waals surface area contributed by atoms with Crippen molar-refractivity contribution in [2.24, 2.45) is 7.05 Å². The number of methoxy groups -OCH3 is 1. The van der Waals surface area contributed by atoms with Gasteiger partial charge in [-0.1, -0.05) is 11.6 Å². The number of aryl methyl sites for hydroxylation is 2. The molecule has 0 atom stereocenters. The van der Waals surface area contributed by atoms with E-state index < -0.39 is 0 Å². The summed E-state index contributed by atoms with van der Waals surface area (Å²) in [4.78, 5) is 4.47. The number of aromatic nitrogens is 4. The van der Waals surface area contributed by atoms with E-state index in [1.165, 1.54) is 12.1 Å². The topological polar surface area (TPSA) is 44.9 Å². The van der Waals surface area contributed by atoms with Crippen molar-refractivity contribution in [3.8, 4) is 22.7 Å². The Bertz CT molecular complexity index is 1130. The molecule has 2 aromatic heterocycles. The number of ether oxygens (including phenoxy) is 1. The first-order chi connectivity index (χ1) is 12.5. The molecule has 0 spiro atoms. The van der Waals surface area contributed by atoms with Gasteiger partial charge in [-0.2, -0.15) is 5.10 Å². The van der Waals surface area contributed by atoms with Gasteiger partial charge >= 0.3 is 0 Å². The summed E-state index contributed by atoms with van der Waals surface area (Å²) >= 11 is 6.32. The summed E-state index contributed by atoms with van der Waals surface area (Å²) < 4.78 is 22.5. The highest BCUT2D eigenvalue weighted by atomic mass is 35.5. The molecular formula is C19H16ClFN4O. The van der Waals surface area contributed by atoms with Crippen LogP contribution in [0.4, 0.5) is 4.39 Å². The largest absolute Gasteiger partial charge is 0.497 e. The van der Waals surface area contributed by atoms with Crippen LogP contribution in [-0.4, -0.2) is 26.4 Å². The SMILES string of the molecule is COc1ccc2c(c1)ncn2-c1c(-c2ccc(F)cc2Cl)c(C)nn1C. The monoisotopic (exact) mass is 370 g/mol. The van der Waals surface area contributed by atoms with Crippen LogP contribution in [0.1, 0.15) is 5.69 Å². The zero-order chi connectivity index (χ0) is 18.4. The van der Waals surface area contributed by atoms with Crippen molar-refractivity contribution < 1.29 is 9.13 Å². The van der Waals surface area contributed by atoms with Crippen LogP contribution in [0.3, 0.4) is 0 Å². The van der Waals surface area contributed by atoms with Gasteiger partial charge in [0.1, 0.15) is 23.7 Å². The zero-order valence-electron chi connectivity index (χ0n) is 14.5. The highest BCUT2D eigenvalue weighted by Gasteiger charge is 2.21. The van der Waals surface area contributed by atoms with Crippen LogP contribution in [0, 0.1) is 12.7 Å². The van der Waals surface area contributed by atoms with Crippen molar-refractivity contribution in [3.05, 3.63) is 59.3 Å². The fraction of sp³-hybridized carbons (Fsp3) is 0.158. The van der Waals surface area contributed by atoms with Crippen LogP contribution in [0.2, 0.25) is 5.02 Å². The molecule has 132 valence electrons. The maximum absolute atomic E-state index is 13.5. The quantitative estimate of drug-likeness (QED) is 0.532. The predicted octanol–water partition coefficient (Wildman–Crippen LogP) is 4.54. The fourth-order valence-corrected chi connectivity index (χ4v) is 3.48. The molecule has 0 aliphatic heterocycles. The number of imidazole rings is 1. The number of benzene rings is 2. The lowest BCUT2D eigenvalue weighted by molar-refractivity contribution is 0.415. The summed E-state index contributed by atoms with van der Waals surface area (Å²) in [6, 6.07) is 10.1. The van der Waals surface area contributed by atoms with Crippen molar-refractivity contribution in [1.82, 2.24) is 19.3 Å². The average Bonchev–Trinajstić information content (AvgIpc) is 3.14. The van der Waals surface area contributed by atoms with Crippen LogP contribution in [0.25, 0.3) is 28.0 Å². The normalized spacial score (nSPS) is 11.3. The molecule has 26 heavy (non-hydrogen) atoms. The van der Waals surface area contributed by atoms with Crippen LogP contribution in [-0.2, 0) is 7.05 Å². The molecule has 0 aliphatic carbocycles. The van der Waals surface area contributed by atoms with Gasteiger partial charge in [-0.25, -0.2) is 9.37 Å². The Labute approximate surface area is 154 Å². The Hall–Kier alpha value is -2.86. The van der Waals surface area contributed by atoms with Crippen LogP contribution in [0.15, 0.2) is 42.7 Å². The van der Waals surface area contributed by atoms with E-state index in [0.29, 0.717) is 5.02 Å². The van der Waals surface area contributed by atoms with Gasteiger partial charge in [-0.15, -0.1) is 0 Å². The summed E-state index contributed by atoms with van der Waals surface area (Å²) in [6.45, 7) is 1.90. The lowest BCUT2D eigenvalue weighted by Crippen LogP contribution is -2.03. The van der Waals surface area contributed by atoms with Crippen molar-refractivity contribution >= 4 is 22.6 Å². The molecule has 7 heteroatoms. The summed E-state index contributed by atoms with van der Waals surface area (Å²) in [7, 11) is 3.48. The van der Waals surface area contributed by atoms with E-state index in [2.05, 4.69) is 10.1 Å². The second kappa shape index (κ2) is 6.14. The fourth-order valence-electron chi connectivity index (χ4n) is 3.22. The molecule has 4 aromatic rings. The maximum atomic E-state index is 13.5. The lowest BCUT2D eigenvalue weighted by atomic mass is 10.1. The Kier molecular flexibility index (Phi) is 3.92. The molecule has 0 saturated carbocycles. The summed E-state index contributed by atoms with van der Waals surface area (Å²) in [6.07, 6.45) is 1.74. The minimum absolute atomic E-state index is 0.341. The first-order valence-corrected chi connectivity index (χ1v) is 8.38. The van der Waals surface area contributed by atoms with Gasteiger partial charge < -0.3 is 4.74 Å². The third-order valence-corrected chi connectivity index (χ3v) is 4.69. The van der Waals surface area contributed by atoms with Gasteiger partial charge in [0.05, 0.1) is 28.9 Å². The first kappa shape index (κ1) is 16.6. The Balaban J connectivity index is 1.99. The second-order valence-corrected chi connectivity index (χ2v) is 6.41. The number of hydrogen-bond acceptors (Lipinski definition) is 3. The molecule has 0 N–H and O–H groups in total. The molecule has 0 bridgehead atoms. The lowest BCUT2D eigenvalue weighted by Gasteiger charge is -2.11.